The number of hydrogen-bond donors (Lipinski definition) is 2. The summed E-state index contributed by atoms with van der Waals surface area (Å²) in [6, 6.07) is 2.02. The van der Waals surface area contributed by atoms with Gasteiger partial charge in [0.15, 0.2) is 17.5 Å². The number of halogens is 6. The molecule has 1 atom stereocenters. The lowest BCUT2D eigenvalue weighted by Gasteiger charge is -2.19. The smallest absolute Gasteiger partial charge is 0.194 e. The van der Waals surface area contributed by atoms with E-state index < -0.39 is 46.3 Å². The first kappa shape index (κ1) is 15.9. The van der Waals surface area contributed by atoms with Crippen LogP contribution < -0.4 is 11.3 Å². The van der Waals surface area contributed by atoms with Gasteiger partial charge in [0.1, 0.15) is 11.6 Å². The molecule has 2 nitrogen and oxygen atoms in total. The van der Waals surface area contributed by atoms with Crippen LogP contribution >= 0.6 is 15.9 Å². The highest BCUT2D eigenvalue weighted by Gasteiger charge is 2.27. The maximum atomic E-state index is 14.0. The van der Waals surface area contributed by atoms with E-state index in [4.69, 9.17) is 5.84 Å². The third kappa shape index (κ3) is 2.78. The molecule has 2 rings (SSSR count). The predicted molar refractivity (Wildman–Crippen MR) is 69.5 cm³/mol. The Morgan fingerprint density at radius 1 is 0.857 bits per heavy atom. The van der Waals surface area contributed by atoms with Gasteiger partial charge in [-0.3, -0.25) is 5.84 Å². The molecular formula is C13H8BrF5N2. The second kappa shape index (κ2) is 6.08. The number of rotatable bonds is 3. The molecule has 0 aliphatic heterocycles. The summed E-state index contributed by atoms with van der Waals surface area (Å²) in [5, 5.41) is 0. The molecule has 112 valence electrons. The molecule has 0 saturated carbocycles. The van der Waals surface area contributed by atoms with Gasteiger partial charge in [-0.25, -0.2) is 27.4 Å². The Bertz CT molecular complexity index is 693. The number of nitrogens with two attached hydrogens (primary N) is 1. The van der Waals surface area contributed by atoms with E-state index in [1.54, 1.807) is 0 Å². The molecule has 0 spiro atoms. The van der Waals surface area contributed by atoms with Crippen molar-refractivity contribution in [3.63, 3.8) is 0 Å². The van der Waals surface area contributed by atoms with Crippen molar-refractivity contribution in [2.75, 3.05) is 0 Å². The van der Waals surface area contributed by atoms with Crippen molar-refractivity contribution in [2.45, 2.75) is 6.04 Å². The van der Waals surface area contributed by atoms with Gasteiger partial charge in [-0.15, -0.1) is 0 Å². The zero-order chi connectivity index (χ0) is 15.7. The van der Waals surface area contributed by atoms with Crippen LogP contribution in [0.4, 0.5) is 22.0 Å². The second-order valence-electron chi connectivity index (χ2n) is 4.12. The molecule has 0 bridgehead atoms. The lowest BCUT2D eigenvalue weighted by molar-refractivity contribution is 0.427. The highest BCUT2D eigenvalue weighted by Crippen LogP contribution is 2.32. The molecule has 21 heavy (non-hydrogen) atoms. The molecule has 0 heterocycles. The van der Waals surface area contributed by atoms with Crippen LogP contribution in [0.5, 0.6) is 0 Å². The van der Waals surface area contributed by atoms with Crippen molar-refractivity contribution in [1.82, 2.24) is 5.43 Å². The summed E-state index contributed by atoms with van der Waals surface area (Å²) < 4.78 is 67.7. The van der Waals surface area contributed by atoms with Crippen molar-refractivity contribution in [3.05, 3.63) is 69.0 Å². The third-order valence-corrected chi connectivity index (χ3v) is 3.52. The molecule has 2 aromatic carbocycles. The standard InChI is InChI=1S/C13H8BrF5N2/c14-6-2-4-7(15)9(11(6)18)13(21-20)5-1-3-8(16)12(19)10(5)17/h1-4,13,21H,20H2. The first-order chi connectivity index (χ1) is 9.88. The minimum atomic E-state index is -1.75. The number of benzene rings is 2. The monoisotopic (exact) mass is 366 g/mol. The number of hydrogen-bond acceptors (Lipinski definition) is 2. The molecule has 0 saturated heterocycles. The van der Waals surface area contributed by atoms with E-state index in [1.807, 2.05) is 5.43 Å². The van der Waals surface area contributed by atoms with Crippen molar-refractivity contribution < 1.29 is 22.0 Å². The zero-order valence-electron chi connectivity index (χ0n) is 10.2. The Labute approximate surface area is 124 Å². The van der Waals surface area contributed by atoms with Gasteiger partial charge in [-0.2, -0.15) is 0 Å². The summed E-state index contributed by atoms with van der Waals surface area (Å²) in [6.45, 7) is 0. The molecule has 1 unspecified atom stereocenters. The van der Waals surface area contributed by atoms with E-state index in [9.17, 15) is 22.0 Å². The maximum absolute atomic E-state index is 14.0. The first-order valence-electron chi connectivity index (χ1n) is 5.61. The van der Waals surface area contributed by atoms with Gasteiger partial charge >= 0.3 is 0 Å². The predicted octanol–water partition coefficient (Wildman–Crippen LogP) is 3.70. The largest absolute Gasteiger partial charge is 0.271 e. The molecule has 2 aromatic rings. The van der Waals surface area contributed by atoms with Gasteiger partial charge in [-0.05, 0) is 34.1 Å². The fourth-order valence-corrected chi connectivity index (χ4v) is 2.25. The van der Waals surface area contributed by atoms with E-state index in [-0.39, 0.29) is 4.47 Å². The van der Waals surface area contributed by atoms with E-state index in [1.165, 1.54) is 0 Å². The van der Waals surface area contributed by atoms with Crippen LogP contribution in [0.2, 0.25) is 0 Å². The van der Waals surface area contributed by atoms with Gasteiger partial charge in [0.25, 0.3) is 0 Å². The Kier molecular flexibility index (Phi) is 4.60. The van der Waals surface area contributed by atoms with E-state index in [0.29, 0.717) is 6.07 Å². The topological polar surface area (TPSA) is 38.0 Å². The summed E-state index contributed by atoms with van der Waals surface area (Å²) in [7, 11) is 0. The minimum absolute atomic E-state index is 0.0814. The van der Waals surface area contributed by atoms with Crippen molar-refractivity contribution in [3.8, 4) is 0 Å². The Hall–Kier alpha value is -1.51. The second-order valence-corrected chi connectivity index (χ2v) is 4.98. The van der Waals surface area contributed by atoms with Gasteiger partial charge < -0.3 is 0 Å². The van der Waals surface area contributed by atoms with E-state index in [0.717, 1.165) is 18.2 Å². The maximum Gasteiger partial charge on any atom is 0.194 e. The molecule has 0 aromatic heterocycles. The Balaban J connectivity index is 2.66. The van der Waals surface area contributed by atoms with Crippen LogP contribution in [0.15, 0.2) is 28.7 Å². The molecular weight excluding hydrogens is 359 g/mol. The summed E-state index contributed by atoms with van der Waals surface area (Å²) in [4.78, 5) is 0. The molecule has 8 heteroatoms. The number of nitrogens with one attached hydrogen (secondary N) is 1. The molecule has 0 aliphatic carbocycles. The highest BCUT2D eigenvalue weighted by molar-refractivity contribution is 9.10. The summed E-state index contributed by atoms with van der Waals surface area (Å²) in [6.07, 6.45) is 0. The third-order valence-electron chi connectivity index (χ3n) is 2.91. The van der Waals surface area contributed by atoms with Gasteiger partial charge in [0.05, 0.1) is 10.5 Å². The summed E-state index contributed by atoms with van der Waals surface area (Å²) in [5.41, 5.74) is 0.866. The lowest BCUT2D eigenvalue weighted by Crippen LogP contribution is -2.31. The SMILES string of the molecule is NNC(c1ccc(F)c(F)c1F)c1c(F)ccc(Br)c1F. The van der Waals surface area contributed by atoms with Crippen LogP contribution in [-0.4, -0.2) is 0 Å². The van der Waals surface area contributed by atoms with E-state index >= 15 is 0 Å². The quantitative estimate of drug-likeness (QED) is 0.286. The van der Waals surface area contributed by atoms with Gasteiger partial charge in [0.2, 0.25) is 0 Å². The van der Waals surface area contributed by atoms with Crippen molar-refractivity contribution in [1.29, 1.82) is 0 Å². The summed E-state index contributed by atoms with van der Waals surface area (Å²) in [5.74, 6) is -1.57. The minimum Gasteiger partial charge on any atom is -0.271 e. The average molecular weight is 367 g/mol. The van der Waals surface area contributed by atoms with Crippen molar-refractivity contribution in [2.24, 2.45) is 5.84 Å². The zero-order valence-corrected chi connectivity index (χ0v) is 11.8. The molecule has 0 fully saturated rings. The average Bonchev–Trinajstić information content (AvgIpc) is 2.46. The normalized spacial score (nSPS) is 12.5. The Morgan fingerprint density at radius 3 is 2.10 bits per heavy atom. The van der Waals surface area contributed by atoms with Crippen LogP contribution in [0.25, 0.3) is 0 Å². The van der Waals surface area contributed by atoms with Crippen molar-refractivity contribution >= 4 is 15.9 Å². The van der Waals surface area contributed by atoms with Crippen LogP contribution in [0, 0.1) is 29.1 Å². The van der Waals surface area contributed by atoms with Crippen LogP contribution in [-0.2, 0) is 0 Å². The van der Waals surface area contributed by atoms with Gasteiger partial charge in [0, 0.05) is 11.1 Å². The van der Waals surface area contributed by atoms with Crippen LogP contribution in [0.3, 0.4) is 0 Å². The molecule has 3 N–H and O–H groups in total. The molecule has 0 aliphatic rings. The first-order valence-corrected chi connectivity index (χ1v) is 6.40. The molecule has 0 amide bonds. The fourth-order valence-electron chi connectivity index (χ4n) is 1.90. The van der Waals surface area contributed by atoms with Crippen LogP contribution in [0.1, 0.15) is 17.2 Å². The number of hydrazine groups is 1. The summed E-state index contributed by atoms with van der Waals surface area (Å²) >= 11 is 2.86. The fraction of sp³-hybridized carbons (Fsp3) is 0.0769. The van der Waals surface area contributed by atoms with E-state index in [2.05, 4.69) is 15.9 Å². The Morgan fingerprint density at radius 2 is 1.48 bits per heavy atom. The lowest BCUT2D eigenvalue weighted by atomic mass is 9.97. The van der Waals surface area contributed by atoms with Gasteiger partial charge in [-0.1, -0.05) is 6.07 Å². The highest BCUT2D eigenvalue weighted by atomic mass is 79.9. The molecule has 0 radical (unpaired) electrons.